The van der Waals surface area contributed by atoms with Crippen LogP contribution in [0.2, 0.25) is 0 Å². The van der Waals surface area contributed by atoms with Crippen LogP contribution in [0.1, 0.15) is 65.1 Å². The normalized spacial score (nSPS) is 15.6. The van der Waals surface area contributed by atoms with Gasteiger partial charge in [-0.1, -0.05) is 19.0 Å². The molecule has 7 nitrogen and oxygen atoms in total. The van der Waals surface area contributed by atoms with Crippen LogP contribution >= 0.6 is 11.3 Å². The van der Waals surface area contributed by atoms with Gasteiger partial charge in [0.05, 0.1) is 16.6 Å². The van der Waals surface area contributed by atoms with Gasteiger partial charge < -0.3 is 9.84 Å². The van der Waals surface area contributed by atoms with E-state index < -0.39 is 0 Å². The molecule has 27 heavy (non-hydrogen) atoms. The highest BCUT2D eigenvalue weighted by atomic mass is 32.1. The second-order valence-corrected chi connectivity index (χ2v) is 8.31. The van der Waals surface area contributed by atoms with Crippen LogP contribution in [-0.4, -0.2) is 34.1 Å². The van der Waals surface area contributed by atoms with Crippen molar-refractivity contribution in [3.63, 3.8) is 0 Å². The van der Waals surface area contributed by atoms with Gasteiger partial charge in [0.15, 0.2) is 5.13 Å². The Balaban J connectivity index is 1.61. The number of thiazole rings is 1. The summed E-state index contributed by atoms with van der Waals surface area (Å²) < 4.78 is 5.30. The summed E-state index contributed by atoms with van der Waals surface area (Å²) in [6.45, 7) is 7.95. The van der Waals surface area contributed by atoms with Gasteiger partial charge in [0.2, 0.25) is 0 Å². The zero-order valence-corrected chi connectivity index (χ0v) is 16.5. The number of carbonyl (C=O) groups excluding carboxylic acids is 1. The van der Waals surface area contributed by atoms with Crippen molar-refractivity contribution in [3.05, 3.63) is 34.1 Å². The minimum Gasteiger partial charge on any atom is -0.336 e. The summed E-state index contributed by atoms with van der Waals surface area (Å²) in [5.41, 5.74) is 2.39. The van der Waals surface area contributed by atoms with Gasteiger partial charge in [-0.25, -0.2) is 9.97 Å². The molecule has 8 heteroatoms. The average molecular weight is 385 g/mol. The van der Waals surface area contributed by atoms with Crippen molar-refractivity contribution in [1.82, 2.24) is 20.4 Å². The highest BCUT2D eigenvalue weighted by Crippen LogP contribution is 2.32. The molecule has 1 aliphatic heterocycles. The molecular formula is C19H23N5O2S. The Morgan fingerprint density at radius 3 is 2.89 bits per heavy atom. The predicted molar refractivity (Wildman–Crippen MR) is 106 cm³/mol. The van der Waals surface area contributed by atoms with Gasteiger partial charge in [-0.3, -0.25) is 10.1 Å². The summed E-state index contributed by atoms with van der Waals surface area (Å²) in [6, 6.07) is 1.83. The van der Waals surface area contributed by atoms with Crippen LogP contribution in [0.4, 0.5) is 5.13 Å². The van der Waals surface area contributed by atoms with E-state index in [1.165, 1.54) is 4.88 Å². The SMILES string of the molecule is Cc1noc2nc(C(C)C)cc(C(=O)Nc3ncc(C4CCNCC4)s3)c12. The Morgan fingerprint density at radius 2 is 2.15 bits per heavy atom. The number of anilines is 1. The highest BCUT2D eigenvalue weighted by Gasteiger charge is 2.22. The number of aromatic nitrogens is 3. The standard InChI is InChI=1S/C19H23N5O2S/c1-10(2)14-8-13(16-11(3)24-26-18(16)22-14)17(25)23-19-21-9-15(27-19)12-4-6-20-7-5-12/h8-10,12,20H,4-7H2,1-3H3,(H,21,23,25). The summed E-state index contributed by atoms with van der Waals surface area (Å²) in [6.07, 6.45) is 4.11. The van der Waals surface area contributed by atoms with Crippen LogP contribution in [0, 0.1) is 6.92 Å². The van der Waals surface area contributed by atoms with E-state index in [0.29, 0.717) is 33.4 Å². The number of aryl methyl sites for hydroxylation is 1. The number of piperidine rings is 1. The molecular weight excluding hydrogens is 362 g/mol. The summed E-state index contributed by atoms with van der Waals surface area (Å²) in [4.78, 5) is 23.1. The van der Waals surface area contributed by atoms with E-state index in [9.17, 15) is 4.79 Å². The van der Waals surface area contributed by atoms with E-state index in [2.05, 4.69) is 25.8 Å². The number of amides is 1. The van der Waals surface area contributed by atoms with Crippen LogP contribution in [0.25, 0.3) is 11.1 Å². The lowest BCUT2D eigenvalue weighted by Crippen LogP contribution is -2.26. The Labute approximate surface area is 161 Å². The minimum atomic E-state index is -0.207. The topological polar surface area (TPSA) is 92.9 Å². The van der Waals surface area contributed by atoms with E-state index in [1.54, 1.807) is 11.3 Å². The molecule has 0 radical (unpaired) electrons. The third kappa shape index (κ3) is 3.59. The fourth-order valence-corrected chi connectivity index (χ4v) is 4.37. The Morgan fingerprint density at radius 1 is 1.37 bits per heavy atom. The molecule has 0 aromatic carbocycles. The number of nitrogens with zero attached hydrogens (tertiary/aromatic N) is 3. The third-order valence-electron chi connectivity index (χ3n) is 4.96. The largest absolute Gasteiger partial charge is 0.336 e. The molecule has 0 aliphatic carbocycles. The first-order valence-electron chi connectivity index (χ1n) is 9.27. The molecule has 4 heterocycles. The Kier molecular flexibility index (Phi) is 4.92. The lowest BCUT2D eigenvalue weighted by Gasteiger charge is -2.20. The van der Waals surface area contributed by atoms with Crippen molar-refractivity contribution in [1.29, 1.82) is 0 Å². The smallest absolute Gasteiger partial charge is 0.259 e. The maximum Gasteiger partial charge on any atom is 0.259 e. The molecule has 1 saturated heterocycles. The monoisotopic (exact) mass is 385 g/mol. The molecule has 3 aromatic heterocycles. The number of fused-ring (bicyclic) bond motifs is 1. The highest BCUT2D eigenvalue weighted by molar-refractivity contribution is 7.15. The zero-order valence-electron chi connectivity index (χ0n) is 15.7. The van der Waals surface area contributed by atoms with Gasteiger partial charge >= 0.3 is 0 Å². The number of pyridine rings is 1. The molecule has 0 atom stereocenters. The van der Waals surface area contributed by atoms with Gasteiger partial charge in [0.25, 0.3) is 11.6 Å². The van der Waals surface area contributed by atoms with Crippen LogP contribution in [-0.2, 0) is 0 Å². The van der Waals surface area contributed by atoms with Crippen molar-refractivity contribution < 1.29 is 9.32 Å². The first kappa shape index (κ1) is 18.1. The molecule has 2 N–H and O–H groups in total. The lowest BCUT2D eigenvalue weighted by molar-refractivity contribution is 0.102. The summed E-state index contributed by atoms with van der Waals surface area (Å²) in [5.74, 6) is 0.495. The van der Waals surface area contributed by atoms with Crippen molar-refractivity contribution >= 4 is 33.5 Å². The average Bonchev–Trinajstić information content (AvgIpc) is 3.29. The molecule has 1 fully saturated rings. The Bertz CT molecular complexity index is 972. The van der Waals surface area contributed by atoms with E-state index in [4.69, 9.17) is 4.52 Å². The lowest BCUT2D eigenvalue weighted by atomic mass is 9.97. The van der Waals surface area contributed by atoms with Crippen LogP contribution in [0.5, 0.6) is 0 Å². The van der Waals surface area contributed by atoms with E-state index in [-0.39, 0.29) is 11.8 Å². The second-order valence-electron chi connectivity index (χ2n) is 7.24. The molecule has 1 aliphatic rings. The quantitative estimate of drug-likeness (QED) is 0.709. The molecule has 0 saturated carbocycles. The first-order chi connectivity index (χ1) is 13.0. The molecule has 4 rings (SSSR count). The molecule has 0 unspecified atom stereocenters. The fraction of sp³-hybridized carbons (Fsp3) is 0.474. The Hall–Kier alpha value is -2.32. The maximum atomic E-state index is 13.0. The minimum absolute atomic E-state index is 0.178. The van der Waals surface area contributed by atoms with Crippen LogP contribution < -0.4 is 10.6 Å². The van der Waals surface area contributed by atoms with Crippen molar-refractivity contribution in [2.45, 2.75) is 45.4 Å². The number of nitrogens with one attached hydrogen (secondary N) is 2. The molecule has 142 valence electrons. The first-order valence-corrected chi connectivity index (χ1v) is 10.1. The van der Waals surface area contributed by atoms with Gasteiger partial charge in [0.1, 0.15) is 0 Å². The van der Waals surface area contributed by atoms with Crippen molar-refractivity contribution in [2.75, 3.05) is 18.4 Å². The summed E-state index contributed by atoms with van der Waals surface area (Å²) >= 11 is 1.56. The molecule has 3 aromatic rings. The van der Waals surface area contributed by atoms with Gasteiger partial charge in [-0.15, -0.1) is 11.3 Å². The number of carbonyl (C=O) groups is 1. The summed E-state index contributed by atoms with van der Waals surface area (Å²) in [5, 5.41) is 11.6. The third-order valence-corrected chi connectivity index (χ3v) is 6.03. The van der Waals surface area contributed by atoms with Crippen LogP contribution in [0.3, 0.4) is 0 Å². The van der Waals surface area contributed by atoms with Gasteiger partial charge in [0, 0.05) is 16.8 Å². The fourth-order valence-electron chi connectivity index (χ4n) is 3.39. The zero-order chi connectivity index (χ0) is 19.0. The van der Waals surface area contributed by atoms with Crippen molar-refractivity contribution in [3.8, 4) is 0 Å². The van der Waals surface area contributed by atoms with E-state index in [0.717, 1.165) is 31.6 Å². The second kappa shape index (κ2) is 7.36. The number of hydrogen-bond acceptors (Lipinski definition) is 7. The molecule has 0 spiro atoms. The molecule has 1 amide bonds. The van der Waals surface area contributed by atoms with Gasteiger partial charge in [-0.05, 0) is 50.8 Å². The maximum absolute atomic E-state index is 13.0. The van der Waals surface area contributed by atoms with E-state index >= 15 is 0 Å². The number of rotatable bonds is 4. The predicted octanol–water partition coefficient (Wildman–Crippen LogP) is 3.83. The molecule has 0 bridgehead atoms. The number of hydrogen-bond donors (Lipinski definition) is 2. The van der Waals surface area contributed by atoms with Crippen LogP contribution in [0.15, 0.2) is 16.8 Å². The van der Waals surface area contributed by atoms with E-state index in [1.807, 2.05) is 33.0 Å². The summed E-state index contributed by atoms with van der Waals surface area (Å²) in [7, 11) is 0. The van der Waals surface area contributed by atoms with Gasteiger partial charge in [-0.2, -0.15) is 0 Å². The van der Waals surface area contributed by atoms with Crippen molar-refractivity contribution in [2.24, 2.45) is 0 Å².